The van der Waals surface area contributed by atoms with E-state index in [0.29, 0.717) is 6.42 Å². The van der Waals surface area contributed by atoms with Crippen molar-refractivity contribution in [3.8, 4) is 0 Å². The minimum absolute atomic E-state index is 0.00991. The van der Waals surface area contributed by atoms with Gasteiger partial charge < -0.3 is 5.73 Å². The summed E-state index contributed by atoms with van der Waals surface area (Å²) in [4.78, 5) is 0. The van der Waals surface area contributed by atoms with E-state index in [9.17, 15) is 5.11 Å². The second kappa shape index (κ2) is 9.40. The molecule has 2 N–H and O–H groups in total. The summed E-state index contributed by atoms with van der Waals surface area (Å²) in [5, 5.41) is 10.1. The van der Waals surface area contributed by atoms with E-state index in [1.165, 1.54) is 5.56 Å². The molecule has 95 valence electrons. The molecule has 0 bridgehead atoms. The highest BCUT2D eigenvalue weighted by Crippen LogP contribution is 1.97. The molecule has 0 aliphatic carbocycles. The van der Waals surface area contributed by atoms with E-state index >= 15 is 0 Å². The molecule has 0 saturated carbocycles. The maximum absolute atomic E-state index is 10.1. The van der Waals surface area contributed by atoms with E-state index in [4.69, 9.17) is 5.73 Å². The van der Waals surface area contributed by atoms with Crippen LogP contribution in [0.1, 0.15) is 11.1 Å². The molecule has 0 atom stereocenters. The van der Waals surface area contributed by atoms with Crippen LogP contribution in [0.25, 0.3) is 0 Å². The van der Waals surface area contributed by atoms with Crippen LogP contribution in [0.4, 0.5) is 0 Å². The lowest BCUT2D eigenvalue weighted by Gasteiger charge is -1.93. The molecule has 0 aliphatic rings. The second-order valence-electron chi connectivity index (χ2n) is 3.96. The molecule has 18 heavy (non-hydrogen) atoms. The first-order chi connectivity index (χ1) is 8.86. The molecule has 2 nitrogen and oxygen atoms in total. The van der Waals surface area contributed by atoms with Gasteiger partial charge in [-0.2, -0.15) is 0 Å². The Labute approximate surface area is 109 Å². The third-order valence-electron chi connectivity index (χ3n) is 2.51. The third kappa shape index (κ3) is 6.18. The first-order valence-electron chi connectivity index (χ1n) is 6.23. The van der Waals surface area contributed by atoms with E-state index < -0.39 is 0 Å². The van der Waals surface area contributed by atoms with Gasteiger partial charge in [0.15, 0.2) is 0 Å². The van der Waals surface area contributed by atoms with Crippen LogP contribution in [0.3, 0.4) is 0 Å². The largest absolute Gasteiger partial charge is 0.330 e. The van der Waals surface area contributed by atoms with Crippen LogP contribution in [-0.4, -0.2) is 13.2 Å². The zero-order valence-corrected chi connectivity index (χ0v) is 10.6. The van der Waals surface area contributed by atoms with E-state index in [1.54, 1.807) is 0 Å². The predicted octanol–water partition coefficient (Wildman–Crippen LogP) is 2.85. The van der Waals surface area contributed by atoms with E-state index in [1.807, 2.05) is 48.5 Å². The van der Waals surface area contributed by atoms with E-state index in [2.05, 4.69) is 12.1 Å². The molecule has 0 aliphatic heterocycles. The average Bonchev–Trinajstić information content (AvgIpc) is 2.43. The molecular weight excluding hydrogens is 222 g/mol. The number of hydrogen-bond donors (Lipinski definition) is 1. The molecule has 2 aromatic rings. The van der Waals surface area contributed by atoms with Crippen LogP contribution < -0.4 is 5.73 Å². The Morgan fingerprint density at radius 2 is 1.17 bits per heavy atom. The van der Waals surface area contributed by atoms with E-state index in [-0.39, 0.29) is 6.61 Å². The maximum atomic E-state index is 10.1. The summed E-state index contributed by atoms with van der Waals surface area (Å²) in [6, 6.07) is 20.1. The molecule has 0 fully saturated rings. The van der Waals surface area contributed by atoms with Crippen LogP contribution in [0.15, 0.2) is 60.7 Å². The van der Waals surface area contributed by atoms with Gasteiger partial charge in [-0.1, -0.05) is 60.7 Å². The molecule has 2 heteroatoms. The highest BCUT2D eigenvalue weighted by molar-refractivity contribution is 5.15. The average molecular weight is 242 g/mol. The standard InChI is InChI=1S/C8H11N.C8H9O/c2*9-7-6-8-4-2-1-3-5-8/h1-5H,6-7,9H2;1-5H,6-7H2. The first-order valence-corrected chi connectivity index (χ1v) is 6.23. The second-order valence-corrected chi connectivity index (χ2v) is 3.96. The molecule has 0 heterocycles. The highest BCUT2D eigenvalue weighted by atomic mass is 16.2. The molecule has 0 aromatic heterocycles. The Hall–Kier alpha value is -1.64. The minimum Gasteiger partial charge on any atom is -0.330 e. The minimum atomic E-state index is -0.00991. The van der Waals surface area contributed by atoms with Gasteiger partial charge in [0.05, 0.1) is 6.61 Å². The lowest BCUT2D eigenvalue weighted by Crippen LogP contribution is -2.01. The summed E-state index contributed by atoms with van der Waals surface area (Å²) < 4.78 is 0. The van der Waals surface area contributed by atoms with Gasteiger partial charge in [0.25, 0.3) is 0 Å². The van der Waals surface area contributed by atoms with Crippen LogP contribution in [0, 0.1) is 0 Å². The molecule has 2 aromatic carbocycles. The number of rotatable bonds is 4. The van der Waals surface area contributed by atoms with E-state index in [0.717, 1.165) is 18.5 Å². The van der Waals surface area contributed by atoms with Gasteiger partial charge in [-0.15, -0.1) is 0 Å². The Kier molecular flexibility index (Phi) is 7.53. The van der Waals surface area contributed by atoms with Crippen molar-refractivity contribution in [2.75, 3.05) is 13.2 Å². The molecule has 0 unspecified atom stereocenters. The zero-order valence-electron chi connectivity index (χ0n) is 10.6. The van der Waals surface area contributed by atoms with Gasteiger partial charge in [0, 0.05) is 0 Å². The molecule has 1 radical (unpaired) electrons. The lowest BCUT2D eigenvalue weighted by molar-refractivity contribution is 0.197. The fraction of sp³-hybridized carbons (Fsp3) is 0.250. The van der Waals surface area contributed by atoms with Crippen molar-refractivity contribution in [3.63, 3.8) is 0 Å². The Bertz CT molecular complexity index is 358. The fourth-order valence-corrected chi connectivity index (χ4v) is 1.57. The Balaban J connectivity index is 0.000000180. The SMILES string of the molecule is NCCc1ccccc1.[O]CCc1ccccc1. The smallest absolute Gasteiger partial charge is 0.0862 e. The van der Waals surface area contributed by atoms with Crippen molar-refractivity contribution in [1.29, 1.82) is 0 Å². The molecule has 0 spiro atoms. The van der Waals surface area contributed by atoms with Crippen LogP contribution >= 0.6 is 0 Å². The van der Waals surface area contributed by atoms with Gasteiger partial charge in [0.1, 0.15) is 0 Å². The van der Waals surface area contributed by atoms with Gasteiger partial charge in [-0.3, -0.25) is 0 Å². The normalized spacial score (nSPS) is 9.44. The fourth-order valence-electron chi connectivity index (χ4n) is 1.57. The van der Waals surface area contributed by atoms with Crippen LogP contribution in [0.5, 0.6) is 0 Å². The number of nitrogens with two attached hydrogens (primary N) is 1. The summed E-state index contributed by atoms with van der Waals surface area (Å²) in [6.07, 6.45) is 1.64. The molecule has 0 amide bonds. The molecule has 2 rings (SSSR count). The molecule has 0 saturated heterocycles. The van der Waals surface area contributed by atoms with Gasteiger partial charge >= 0.3 is 0 Å². The zero-order chi connectivity index (χ0) is 13.1. The summed E-state index contributed by atoms with van der Waals surface area (Å²) in [5.74, 6) is 0. The summed E-state index contributed by atoms with van der Waals surface area (Å²) >= 11 is 0. The van der Waals surface area contributed by atoms with Gasteiger partial charge in [-0.05, 0) is 30.5 Å². The predicted molar refractivity (Wildman–Crippen MR) is 74.9 cm³/mol. The van der Waals surface area contributed by atoms with Crippen LogP contribution in [-0.2, 0) is 17.9 Å². The quantitative estimate of drug-likeness (QED) is 0.880. The van der Waals surface area contributed by atoms with Gasteiger partial charge in [-0.25, -0.2) is 5.11 Å². The Morgan fingerprint density at radius 3 is 1.56 bits per heavy atom. The summed E-state index contributed by atoms with van der Waals surface area (Å²) in [6.45, 7) is 0.730. The molecular formula is C16H20NO. The van der Waals surface area contributed by atoms with Crippen molar-refractivity contribution >= 4 is 0 Å². The lowest BCUT2D eigenvalue weighted by atomic mass is 10.2. The first kappa shape index (κ1) is 14.4. The third-order valence-corrected chi connectivity index (χ3v) is 2.51. The topological polar surface area (TPSA) is 45.9 Å². The van der Waals surface area contributed by atoms with Gasteiger partial charge in [0.2, 0.25) is 0 Å². The van der Waals surface area contributed by atoms with Crippen molar-refractivity contribution in [2.45, 2.75) is 12.8 Å². The highest BCUT2D eigenvalue weighted by Gasteiger charge is 1.86. The number of hydrogen-bond acceptors (Lipinski definition) is 1. The monoisotopic (exact) mass is 242 g/mol. The Morgan fingerprint density at radius 1 is 0.722 bits per heavy atom. The van der Waals surface area contributed by atoms with Crippen molar-refractivity contribution < 1.29 is 5.11 Å². The summed E-state index contributed by atoms with van der Waals surface area (Å²) in [5.41, 5.74) is 7.81. The van der Waals surface area contributed by atoms with Crippen molar-refractivity contribution in [2.24, 2.45) is 5.73 Å². The van der Waals surface area contributed by atoms with Crippen LogP contribution in [0.2, 0.25) is 0 Å². The summed E-state index contributed by atoms with van der Waals surface area (Å²) in [7, 11) is 0. The number of benzene rings is 2. The van der Waals surface area contributed by atoms with Crippen molar-refractivity contribution in [3.05, 3.63) is 71.8 Å². The maximum Gasteiger partial charge on any atom is 0.0862 e. The van der Waals surface area contributed by atoms with Crippen molar-refractivity contribution in [1.82, 2.24) is 0 Å².